The number of piperidine rings is 1. The van der Waals surface area contributed by atoms with Crippen LogP contribution in [0.4, 0.5) is 0 Å². The molecule has 1 saturated heterocycles. The molecule has 0 aliphatic carbocycles. The molecule has 3 nitrogen and oxygen atoms in total. The lowest BCUT2D eigenvalue weighted by Gasteiger charge is -2.31. The van der Waals surface area contributed by atoms with Crippen molar-refractivity contribution in [2.24, 2.45) is 4.99 Å². The van der Waals surface area contributed by atoms with Crippen molar-refractivity contribution in [1.29, 1.82) is 0 Å². The van der Waals surface area contributed by atoms with Crippen LogP contribution in [0.25, 0.3) is 6.08 Å². The Balaban J connectivity index is 1.86. The molecule has 0 spiro atoms. The fourth-order valence-electron chi connectivity index (χ4n) is 2.64. The summed E-state index contributed by atoms with van der Waals surface area (Å²) in [5.41, 5.74) is 2.85. The topological polar surface area (TPSA) is 27.6 Å². The predicted octanol–water partition coefficient (Wildman–Crippen LogP) is 3.54. The molecule has 0 amide bonds. The third-order valence-electron chi connectivity index (χ3n) is 3.90. The number of likely N-dealkylation sites (tertiary alicyclic amines) is 1. The molecule has 0 bridgehead atoms. The lowest BCUT2D eigenvalue weighted by Crippen LogP contribution is -2.44. The largest absolute Gasteiger partial charge is 0.356 e. The van der Waals surface area contributed by atoms with E-state index in [0.717, 1.165) is 38.4 Å². The number of hydrogen-bond donors (Lipinski definition) is 1. The Labute approximate surface area is 128 Å². The molecular formula is C18H27N3. The van der Waals surface area contributed by atoms with Gasteiger partial charge in [-0.3, -0.25) is 4.99 Å². The maximum Gasteiger partial charge on any atom is 0.193 e. The predicted molar refractivity (Wildman–Crippen MR) is 91.5 cm³/mol. The van der Waals surface area contributed by atoms with Crippen molar-refractivity contribution < 1.29 is 0 Å². The molecule has 1 fully saturated rings. The number of nitrogens with one attached hydrogen (secondary N) is 1. The molecule has 3 heteroatoms. The third kappa shape index (κ3) is 4.92. The lowest BCUT2D eigenvalue weighted by atomic mass is 10.0. The number of rotatable bonds is 4. The standard InChI is InChI=1S/C18H27N3/c1-3-4-12-20-18(19-2)21-13-10-17(11-14-21)15-16-8-6-5-7-9-16/h5-9,15H,3-4,10-14H2,1-2H3,(H,19,20). The number of unbranched alkanes of at least 4 members (excludes halogenated alkanes) is 1. The summed E-state index contributed by atoms with van der Waals surface area (Å²) in [4.78, 5) is 6.78. The van der Waals surface area contributed by atoms with Gasteiger partial charge in [-0.05, 0) is 24.8 Å². The van der Waals surface area contributed by atoms with E-state index in [1.54, 1.807) is 5.57 Å². The monoisotopic (exact) mass is 285 g/mol. The van der Waals surface area contributed by atoms with Crippen LogP contribution in [0, 0.1) is 0 Å². The first-order valence-corrected chi connectivity index (χ1v) is 8.03. The van der Waals surface area contributed by atoms with Gasteiger partial charge in [0, 0.05) is 26.7 Å². The zero-order valence-corrected chi connectivity index (χ0v) is 13.3. The average molecular weight is 285 g/mol. The minimum Gasteiger partial charge on any atom is -0.356 e. The summed E-state index contributed by atoms with van der Waals surface area (Å²) in [5, 5.41) is 3.46. The molecule has 0 aromatic heterocycles. The second-order valence-electron chi connectivity index (χ2n) is 5.53. The number of nitrogens with zero attached hydrogens (tertiary/aromatic N) is 2. The first-order chi connectivity index (χ1) is 10.3. The molecule has 2 rings (SSSR count). The summed E-state index contributed by atoms with van der Waals surface area (Å²) in [7, 11) is 1.88. The van der Waals surface area contributed by atoms with Gasteiger partial charge >= 0.3 is 0 Å². The highest BCUT2D eigenvalue weighted by molar-refractivity contribution is 5.80. The third-order valence-corrected chi connectivity index (χ3v) is 3.90. The van der Waals surface area contributed by atoms with Gasteiger partial charge in [0.1, 0.15) is 0 Å². The van der Waals surface area contributed by atoms with E-state index in [0.29, 0.717) is 0 Å². The van der Waals surface area contributed by atoms with Crippen molar-refractivity contribution in [3.05, 3.63) is 41.5 Å². The molecule has 1 aliphatic heterocycles. The molecule has 0 atom stereocenters. The van der Waals surface area contributed by atoms with Crippen molar-refractivity contribution in [2.75, 3.05) is 26.7 Å². The molecule has 1 N–H and O–H groups in total. The first kappa shape index (κ1) is 15.6. The fraction of sp³-hybridized carbons (Fsp3) is 0.500. The SMILES string of the molecule is CCCCNC(=NC)N1CCC(=Cc2ccccc2)CC1. The average Bonchev–Trinajstić information content (AvgIpc) is 2.54. The van der Waals surface area contributed by atoms with Gasteiger partial charge in [-0.25, -0.2) is 0 Å². The van der Waals surface area contributed by atoms with Gasteiger partial charge in [0.05, 0.1) is 0 Å². The number of guanidine groups is 1. The summed E-state index contributed by atoms with van der Waals surface area (Å²) in [6, 6.07) is 10.6. The van der Waals surface area contributed by atoms with E-state index in [-0.39, 0.29) is 0 Å². The van der Waals surface area contributed by atoms with E-state index < -0.39 is 0 Å². The van der Waals surface area contributed by atoms with Gasteiger partial charge in [-0.1, -0.05) is 55.3 Å². The second kappa shape index (κ2) is 8.50. The molecular weight excluding hydrogens is 258 g/mol. The number of benzene rings is 1. The van der Waals surface area contributed by atoms with Crippen molar-refractivity contribution >= 4 is 12.0 Å². The molecule has 1 aromatic carbocycles. The summed E-state index contributed by atoms with van der Waals surface area (Å²) in [5.74, 6) is 1.06. The summed E-state index contributed by atoms with van der Waals surface area (Å²) in [6.45, 7) is 5.35. The molecule has 1 heterocycles. The van der Waals surface area contributed by atoms with Crippen LogP contribution in [0.2, 0.25) is 0 Å². The summed E-state index contributed by atoms with van der Waals surface area (Å²) < 4.78 is 0. The molecule has 0 saturated carbocycles. The van der Waals surface area contributed by atoms with Crippen LogP contribution in [0.3, 0.4) is 0 Å². The van der Waals surface area contributed by atoms with E-state index in [1.165, 1.54) is 18.4 Å². The van der Waals surface area contributed by atoms with E-state index in [2.05, 4.69) is 58.5 Å². The normalized spacial score (nSPS) is 16.0. The Bertz CT molecular complexity index is 466. The van der Waals surface area contributed by atoms with Gasteiger partial charge in [0.25, 0.3) is 0 Å². The molecule has 21 heavy (non-hydrogen) atoms. The number of hydrogen-bond acceptors (Lipinski definition) is 1. The van der Waals surface area contributed by atoms with Gasteiger partial charge in [0.15, 0.2) is 5.96 Å². The highest BCUT2D eigenvalue weighted by atomic mass is 15.3. The van der Waals surface area contributed by atoms with E-state index >= 15 is 0 Å². The van der Waals surface area contributed by atoms with Crippen LogP contribution < -0.4 is 5.32 Å². The van der Waals surface area contributed by atoms with Gasteiger partial charge in [-0.2, -0.15) is 0 Å². The molecule has 0 unspecified atom stereocenters. The highest BCUT2D eigenvalue weighted by Crippen LogP contribution is 2.19. The van der Waals surface area contributed by atoms with Gasteiger partial charge < -0.3 is 10.2 Å². The van der Waals surface area contributed by atoms with Crippen LogP contribution in [-0.4, -0.2) is 37.5 Å². The van der Waals surface area contributed by atoms with Crippen molar-refractivity contribution in [1.82, 2.24) is 10.2 Å². The Hall–Kier alpha value is -1.77. The Morgan fingerprint density at radius 2 is 1.95 bits per heavy atom. The van der Waals surface area contributed by atoms with Crippen LogP contribution >= 0.6 is 0 Å². The molecule has 114 valence electrons. The van der Waals surface area contributed by atoms with Crippen LogP contribution in [-0.2, 0) is 0 Å². The lowest BCUT2D eigenvalue weighted by molar-refractivity contribution is 0.375. The quantitative estimate of drug-likeness (QED) is 0.520. The maximum absolute atomic E-state index is 4.40. The Morgan fingerprint density at radius 3 is 2.57 bits per heavy atom. The fourth-order valence-corrected chi connectivity index (χ4v) is 2.64. The van der Waals surface area contributed by atoms with Crippen molar-refractivity contribution in [3.63, 3.8) is 0 Å². The summed E-state index contributed by atoms with van der Waals surface area (Å²) in [6.07, 6.45) is 7.01. The zero-order chi connectivity index (χ0) is 14.9. The van der Waals surface area contributed by atoms with E-state index in [1.807, 2.05) is 7.05 Å². The second-order valence-corrected chi connectivity index (χ2v) is 5.53. The smallest absolute Gasteiger partial charge is 0.193 e. The minimum absolute atomic E-state index is 1.02. The first-order valence-electron chi connectivity index (χ1n) is 8.03. The van der Waals surface area contributed by atoms with Gasteiger partial charge in [-0.15, -0.1) is 0 Å². The van der Waals surface area contributed by atoms with Gasteiger partial charge in [0.2, 0.25) is 0 Å². The molecule has 0 radical (unpaired) electrons. The molecule has 1 aromatic rings. The van der Waals surface area contributed by atoms with Crippen molar-refractivity contribution in [3.8, 4) is 0 Å². The van der Waals surface area contributed by atoms with E-state index in [4.69, 9.17) is 0 Å². The van der Waals surface area contributed by atoms with Crippen molar-refractivity contribution in [2.45, 2.75) is 32.6 Å². The molecule has 1 aliphatic rings. The minimum atomic E-state index is 1.02. The van der Waals surface area contributed by atoms with Crippen LogP contribution in [0.15, 0.2) is 40.9 Å². The zero-order valence-electron chi connectivity index (χ0n) is 13.3. The highest BCUT2D eigenvalue weighted by Gasteiger charge is 2.16. The number of aliphatic imine (C=N–C) groups is 1. The van der Waals surface area contributed by atoms with E-state index in [9.17, 15) is 0 Å². The maximum atomic E-state index is 4.40. The van der Waals surface area contributed by atoms with Crippen LogP contribution in [0.1, 0.15) is 38.2 Å². The Morgan fingerprint density at radius 1 is 1.24 bits per heavy atom. The van der Waals surface area contributed by atoms with Crippen LogP contribution in [0.5, 0.6) is 0 Å². The summed E-state index contributed by atoms with van der Waals surface area (Å²) >= 11 is 0. The Kier molecular flexibility index (Phi) is 6.32.